The molecule has 0 bridgehead atoms. The fourth-order valence-electron chi connectivity index (χ4n) is 4.06. The number of nitrogens with one attached hydrogen (secondary N) is 2. The van der Waals surface area contributed by atoms with Crippen LogP contribution in [0.1, 0.15) is 98.3 Å². The lowest BCUT2D eigenvalue weighted by Crippen LogP contribution is -2.41. The summed E-state index contributed by atoms with van der Waals surface area (Å²) >= 11 is 0. The molecule has 1 aromatic carbocycles. The van der Waals surface area contributed by atoms with E-state index in [-0.39, 0.29) is 36.7 Å². The first-order valence-corrected chi connectivity index (χ1v) is 11.8. The van der Waals surface area contributed by atoms with Gasteiger partial charge >= 0.3 is 5.97 Å². The van der Waals surface area contributed by atoms with Crippen LogP contribution in [0.3, 0.4) is 0 Å². The van der Waals surface area contributed by atoms with E-state index in [0.717, 1.165) is 44.9 Å². The molecule has 1 heterocycles. The van der Waals surface area contributed by atoms with Crippen molar-refractivity contribution < 1.29 is 29.1 Å². The van der Waals surface area contributed by atoms with Crippen LogP contribution in [-0.4, -0.2) is 41.0 Å². The predicted octanol–water partition coefficient (Wildman–Crippen LogP) is 4.13. The second-order valence-electron chi connectivity index (χ2n) is 8.61. The molecule has 1 fully saturated rings. The summed E-state index contributed by atoms with van der Waals surface area (Å²) < 4.78 is 0. The monoisotopic (exact) mass is 458 g/mol. The second-order valence-corrected chi connectivity index (χ2v) is 8.61. The van der Waals surface area contributed by atoms with Crippen molar-refractivity contribution in [2.45, 2.75) is 77.6 Å². The Morgan fingerprint density at radius 3 is 2.33 bits per heavy atom. The molecular formula is C25H34N2O6. The number of Topliss-reactive ketones (excluding diaryl/α,β-unsaturated/α-hetero) is 2. The lowest BCUT2D eigenvalue weighted by molar-refractivity contribution is -0.138. The molecule has 0 aromatic heterocycles. The van der Waals surface area contributed by atoms with Gasteiger partial charge in [-0.2, -0.15) is 0 Å². The normalized spacial score (nSPS) is 15.7. The van der Waals surface area contributed by atoms with Gasteiger partial charge in [-0.3, -0.25) is 29.3 Å². The highest BCUT2D eigenvalue weighted by atomic mass is 16.4. The number of aliphatic carboxylic acids is 1. The molecule has 8 heteroatoms. The molecule has 2 amide bonds. The van der Waals surface area contributed by atoms with Crippen molar-refractivity contribution in [3.8, 4) is 0 Å². The van der Waals surface area contributed by atoms with Gasteiger partial charge in [0.1, 0.15) is 0 Å². The highest BCUT2D eigenvalue weighted by molar-refractivity contribution is 6.12. The molecule has 1 atom stereocenters. The van der Waals surface area contributed by atoms with E-state index in [1.54, 1.807) is 18.2 Å². The van der Waals surface area contributed by atoms with Gasteiger partial charge in [0.25, 0.3) is 0 Å². The molecule has 33 heavy (non-hydrogen) atoms. The number of unbranched alkanes of at least 4 members (excludes halogenated alkanes) is 6. The molecule has 0 radical (unpaired) electrons. The van der Waals surface area contributed by atoms with E-state index in [0.29, 0.717) is 29.8 Å². The number of carbonyl (C=O) groups excluding carboxylic acids is 4. The molecule has 0 saturated carbocycles. The zero-order valence-electron chi connectivity index (χ0n) is 19.3. The van der Waals surface area contributed by atoms with Gasteiger partial charge in [-0.1, -0.05) is 44.2 Å². The molecule has 3 N–H and O–H groups in total. The van der Waals surface area contributed by atoms with E-state index in [9.17, 15) is 24.0 Å². The third-order valence-corrected chi connectivity index (χ3v) is 5.89. The minimum Gasteiger partial charge on any atom is -0.481 e. The zero-order chi connectivity index (χ0) is 24.2. The van der Waals surface area contributed by atoms with Crippen molar-refractivity contribution in [2.24, 2.45) is 5.92 Å². The van der Waals surface area contributed by atoms with Crippen LogP contribution >= 0.6 is 0 Å². The van der Waals surface area contributed by atoms with Gasteiger partial charge in [-0.25, -0.2) is 0 Å². The van der Waals surface area contributed by atoms with Gasteiger partial charge < -0.3 is 10.4 Å². The van der Waals surface area contributed by atoms with Gasteiger partial charge in [0.2, 0.25) is 11.8 Å². The number of ketones is 2. The molecule has 180 valence electrons. The number of anilines is 1. The molecule has 2 rings (SSSR count). The summed E-state index contributed by atoms with van der Waals surface area (Å²) in [7, 11) is 0. The van der Waals surface area contributed by atoms with E-state index in [2.05, 4.69) is 10.6 Å². The number of carbonyl (C=O) groups is 5. The number of rotatable bonds is 15. The van der Waals surface area contributed by atoms with Crippen LogP contribution in [-0.2, 0) is 14.4 Å². The van der Waals surface area contributed by atoms with Crippen molar-refractivity contribution in [2.75, 3.05) is 11.9 Å². The number of imide groups is 1. The fraction of sp³-hybridized carbons (Fsp3) is 0.560. The van der Waals surface area contributed by atoms with Crippen molar-refractivity contribution in [3.63, 3.8) is 0 Å². The summed E-state index contributed by atoms with van der Waals surface area (Å²) in [6.45, 7) is 2.07. The summed E-state index contributed by atoms with van der Waals surface area (Å²) in [6.07, 6.45) is 7.45. The molecule has 0 spiro atoms. The first-order chi connectivity index (χ1) is 15.8. The van der Waals surface area contributed by atoms with Crippen LogP contribution in [0.4, 0.5) is 5.69 Å². The number of amides is 2. The van der Waals surface area contributed by atoms with Gasteiger partial charge in [-0.15, -0.1) is 0 Å². The Kier molecular flexibility index (Phi) is 10.7. The van der Waals surface area contributed by atoms with Crippen LogP contribution in [0.2, 0.25) is 0 Å². The maximum atomic E-state index is 13.1. The molecule has 1 aliphatic heterocycles. The quantitative estimate of drug-likeness (QED) is 0.205. The minimum atomic E-state index is -0.745. The molecule has 8 nitrogen and oxygen atoms in total. The topological polar surface area (TPSA) is 130 Å². The Hall–Kier alpha value is -3.03. The van der Waals surface area contributed by atoms with Crippen LogP contribution in [0.5, 0.6) is 0 Å². The van der Waals surface area contributed by atoms with Gasteiger partial charge in [0, 0.05) is 43.0 Å². The van der Waals surface area contributed by atoms with E-state index in [1.165, 1.54) is 6.92 Å². The number of hydrogen-bond acceptors (Lipinski definition) is 6. The summed E-state index contributed by atoms with van der Waals surface area (Å²) in [5.74, 6) is -2.57. The van der Waals surface area contributed by atoms with E-state index < -0.39 is 17.8 Å². The molecule has 0 aliphatic carbocycles. The maximum Gasteiger partial charge on any atom is 0.303 e. The van der Waals surface area contributed by atoms with Crippen LogP contribution in [0, 0.1) is 5.92 Å². The van der Waals surface area contributed by atoms with Crippen LogP contribution in [0.25, 0.3) is 0 Å². The number of benzene rings is 1. The van der Waals surface area contributed by atoms with Gasteiger partial charge in [0.05, 0.1) is 5.56 Å². The highest BCUT2D eigenvalue weighted by Crippen LogP contribution is 2.26. The average molecular weight is 459 g/mol. The van der Waals surface area contributed by atoms with Gasteiger partial charge in [-0.05, 0) is 32.3 Å². The first-order valence-electron chi connectivity index (χ1n) is 11.8. The van der Waals surface area contributed by atoms with E-state index in [1.807, 2.05) is 0 Å². The smallest absolute Gasteiger partial charge is 0.303 e. The maximum absolute atomic E-state index is 13.1. The zero-order valence-corrected chi connectivity index (χ0v) is 19.3. The molecular weight excluding hydrogens is 424 g/mol. The molecule has 1 aliphatic rings. The lowest BCUT2D eigenvalue weighted by Gasteiger charge is -2.21. The number of piperidine rings is 1. The van der Waals surface area contributed by atoms with Crippen molar-refractivity contribution >= 4 is 35.0 Å². The summed E-state index contributed by atoms with van der Waals surface area (Å²) in [5.41, 5.74) is 1.24. The van der Waals surface area contributed by atoms with Crippen molar-refractivity contribution in [3.05, 3.63) is 29.3 Å². The Bertz CT molecular complexity index is 880. The van der Waals surface area contributed by atoms with Gasteiger partial charge in [0.15, 0.2) is 11.6 Å². The average Bonchev–Trinajstić information content (AvgIpc) is 2.76. The van der Waals surface area contributed by atoms with Crippen LogP contribution < -0.4 is 10.6 Å². The molecule has 1 saturated heterocycles. The third kappa shape index (κ3) is 8.79. The number of carboxylic acids is 1. The SMILES string of the molecule is CC(=O)c1cccc(NCCCCCCCCCC(=O)O)c1C(=O)CC1CCC(=O)NC1=O. The Labute approximate surface area is 194 Å². The molecule has 1 aromatic rings. The minimum absolute atomic E-state index is 0.0417. The van der Waals surface area contributed by atoms with Crippen LogP contribution in [0.15, 0.2) is 18.2 Å². The molecule has 1 unspecified atom stereocenters. The van der Waals surface area contributed by atoms with Crippen molar-refractivity contribution in [1.29, 1.82) is 0 Å². The standard InChI is InChI=1S/C25H34N2O6/c1-17(28)19-10-9-11-20(26-15-8-6-4-2-3-5-7-12-23(31)32)24(19)21(29)16-18-13-14-22(30)27-25(18)33/h9-11,18,26H,2-8,12-16H2,1H3,(H,31,32)(H,27,30,33). The summed E-state index contributed by atoms with van der Waals surface area (Å²) in [6, 6.07) is 5.13. The van der Waals surface area contributed by atoms with E-state index >= 15 is 0 Å². The largest absolute Gasteiger partial charge is 0.481 e. The summed E-state index contributed by atoms with van der Waals surface area (Å²) in [4.78, 5) is 59.2. The number of carboxylic acid groups (broad SMARTS) is 1. The third-order valence-electron chi connectivity index (χ3n) is 5.89. The number of hydrogen-bond donors (Lipinski definition) is 3. The lowest BCUT2D eigenvalue weighted by atomic mass is 9.88. The highest BCUT2D eigenvalue weighted by Gasteiger charge is 2.30. The first kappa shape index (κ1) is 26.2. The Balaban J connectivity index is 1.87. The second kappa shape index (κ2) is 13.5. The summed E-state index contributed by atoms with van der Waals surface area (Å²) in [5, 5.41) is 14.2. The predicted molar refractivity (Wildman–Crippen MR) is 124 cm³/mol. The van der Waals surface area contributed by atoms with Crippen molar-refractivity contribution in [1.82, 2.24) is 5.32 Å². The fourth-order valence-corrected chi connectivity index (χ4v) is 4.06. The van der Waals surface area contributed by atoms with E-state index in [4.69, 9.17) is 5.11 Å². The Morgan fingerprint density at radius 2 is 1.70 bits per heavy atom. The Morgan fingerprint density at radius 1 is 1.03 bits per heavy atom.